The topological polar surface area (TPSA) is 67.2 Å². The van der Waals surface area contributed by atoms with Crippen molar-refractivity contribution in [2.75, 3.05) is 7.11 Å². The molecule has 0 fully saturated rings. The van der Waals surface area contributed by atoms with Crippen LogP contribution in [0.2, 0.25) is 0 Å². The molecule has 20 heavy (non-hydrogen) atoms. The first-order chi connectivity index (χ1) is 9.33. The van der Waals surface area contributed by atoms with E-state index in [9.17, 15) is 22.8 Å². The van der Waals surface area contributed by atoms with Gasteiger partial charge in [-0.3, -0.25) is 9.59 Å². The van der Waals surface area contributed by atoms with Gasteiger partial charge in [-0.2, -0.15) is 5.26 Å². The molecule has 0 radical (unpaired) electrons. The van der Waals surface area contributed by atoms with Crippen LogP contribution in [0.5, 0.6) is 5.75 Å². The molecule has 4 nitrogen and oxygen atoms in total. The Bertz CT molecular complexity index is 598. The Labute approximate surface area is 116 Å². The number of ketones is 2. The molecule has 0 bridgehead atoms. The second-order valence-electron chi connectivity index (χ2n) is 3.57. The molecule has 0 amide bonds. The summed E-state index contributed by atoms with van der Waals surface area (Å²) in [6.45, 7) is 0. The molecule has 0 N–H and O–H groups in total. The predicted molar refractivity (Wildman–Crippen MR) is 62.6 cm³/mol. The van der Waals surface area contributed by atoms with Crippen molar-refractivity contribution in [3.8, 4) is 11.8 Å². The summed E-state index contributed by atoms with van der Waals surface area (Å²) in [5, 5.41) is 6.51. The minimum absolute atomic E-state index is 0.134. The summed E-state index contributed by atoms with van der Waals surface area (Å²) in [7, 11) is 1.17. The summed E-state index contributed by atoms with van der Waals surface area (Å²) in [5.41, 5.74) is -0.886. The average molecular weight is 306 g/mol. The van der Waals surface area contributed by atoms with E-state index in [1.165, 1.54) is 7.11 Å². The predicted octanol–water partition coefficient (Wildman–Crippen LogP) is 2.33. The van der Waals surface area contributed by atoms with Crippen LogP contribution in [-0.2, 0) is 4.79 Å². The number of hydrogen-bond acceptors (Lipinski definition) is 4. The molecule has 106 valence electrons. The number of nitriles is 1. The van der Waals surface area contributed by atoms with E-state index in [-0.39, 0.29) is 11.3 Å². The molecule has 0 spiro atoms. The van der Waals surface area contributed by atoms with Crippen molar-refractivity contribution in [3.63, 3.8) is 0 Å². The molecule has 1 rings (SSSR count). The maximum absolute atomic E-state index is 13.6. The van der Waals surface area contributed by atoms with Gasteiger partial charge in [-0.05, 0) is 12.1 Å². The minimum Gasteiger partial charge on any atom is -0.495 e. The lowest BCUT2D eigenvalue weighted by Crippen LogP contribution is -2.30. The lowest BCUT2D eigenvalue weighted by Gasteiger charge is -2.10. The van der Waals surface area contributed by atoms with Crippen molar-refractivity contribution >= 4 is 23.2 Å². The Morgan fingerprint density at radius 3 is 2.45 bits per heavy atom. The van der Waals surface area contributed by atoms with Crippen molar-refractivity contribution < 1.29 is 27.5 Å². The first-order valence-electron chi connectivity index (χ1n) is 5.11. The van der Waals surface area contributed by atoms with E-state index in [1.54, 1.807) is 6.07 Å². The van der Waals surface area contributed by atoms with Crippen LogP contribution in [0.15, 0.2) is 12.1 Å². The maximum Gasteiger partial charge on any atom is 0.298 e. The number of carbonyl (C=O) groups is 2. The first kappa shape index (κ1) is 16.0. The van der Waals surface area contributed by atoms with E-state index >= 15 is 0 Å². The van der Waals surface area contributed by atoms with Crippen molar-refractivity contribution in [3.05, 3.63) is 29.1 Å². The third-order valence-electron chi connectivity index (χ3n) is 2.37. The molecule has 8 heteroatoms. The van der Waals surface area contributed by atoms with Crippen LogP contribution in [0.25, 0.3) is 0 Å². The molecule has 0 saturated heterocycles. The number of halogens is 4. The second kappa shape index (κ2) is 6.39. The number of alkyl halides is 3. The normalized spacial score (nSPS) is 11.8. The molecule has 1 aromatic carbocycles. The van der Waals surface area contributed by atoms with Gasteiger partial charge in [-0.1, -0.05) is 0 Å². The van der Waals surface area contributed by atoms with Crippen LogP contribution in [0.1, 0.15) is 15.9 Å². The standard InChI is InChI=1S/C12H7ClF3NO3/c1-20-8-3-6(7(14)2-5(8)4-17)10(18)9(13)11(19)12(15)16/h2-3,9,12H,1H3. The highest BCUT2D eigenvalue weighted by molar-refractivity contribution is 6.44. The number of nitrogens with zero attached hydrogens (tertiary/aromatic N) is 1. The highest BCUT2D eigenvalue weighted by atomic mass is 35.5. The summed E-state index contributed by atoms with van der Waals surface area (Å²) < 4.78 is 42.7. The van der Waals surface area contributed by atoms with E-state index in [0.29, 0.717) is 6.07 Å². The number of ether oxygens (including phenoxy) is 1. The number of benzene rings is 1. The van der Waals surface area contributed by atoms with Gasteiger partial charge in [-0.25, -0.2) is 13.2 Å². The van der Waals surface area contributed by atoms with Crippen molar-refractivity contribution in [1.29, 1.82) is 5.26 Å². The number of Topliss-reactive ketones (excluding diaryl/α,β-unsaturated/α-hetero) is 2. The van der Waals surface area contributed by atoms with Crippen LogP contribution in [0.3, 0.4) is 0 Å². The Morgan fingerprint density at radius 1 is 1.40 bits per heavy atom. The Balaban J connectivity index is 3.24. The fraction of sp³-hybridized carbons (Fsp3) is 0.250. The van der Waals surface area contributed by atoms with Gasteiger partial charge in [0.1, 0.15) is 17.6 Å². The summed E-state index contributed by atoms with van der Waals surface area (Å²) >= 11 is 5.30. The highest BCUT2D eigenvalue weighted by Gasteiger charge is 2.33. The monoisotopic (exact) mass is 305 g/mol. The SMILES string of the molecule is COc1cc(C(=O)C(Cl)C(=O)C(F)F)c(F)cc1C#N. The molecule has 0 aliphatic carbocycles. The molecule has 0 aliphatic rings. The summed E-state index contributed by atoms with van der Waals surface area (Å²) in [5.74, 6) is -4.43. The zero-order chi connectivity index (χ0) is 15.4. The zero-order valence-electron chi connectivity index (χ0n) is 9.99. The molecule has 1 atom stereocenters. The number of methoxy groups -OCH3 is 1. The van der Waals surface area contributed by atoms with Gasteiger partial charge in [0, 0.05) is 0 Å². The number of hydrogen-bond donors (Lipinski definition) is 0. The lowest BCUT2D eigenvalue weighted by molar-refractivity contribution is -0.128. The molecular formula is C12H7ClF3NO3. The fourth-order valence-electron chi connectivity index (χ4n) is 1.37. The maximum atomic E-state index is 13.6. The summed E-state index contributed by atoms with van der Waals surface area (Å²) in [6, 6.07) is 3.16. The minimum atomic E-state index is -3.44. The van der Waals surface area contributed by atoms with Gasteiger partial charge in [0.2, 0.25) is 5.78 Å². The third kappa shape index (κ3) is 3.08. The number of carbonyl (C=O) groups excluding carboxylic acids is 2. The van der Waals surface area contributed by atoms with Crippen LogP contribution in [0, 0.1) is 17.1 Å². The Kier molecular flexibility index (Phi) is 5.11. The number of rotatable bonds is 5. The Morgan fingerprint density at radius 2 is 2.00 bits per heavy atom. The molecule has 1 unspecified atom stereocenters. The quantitative estimate of drug-likeness (QED) is 0.476. The van der Waals surface area contributed by atoms with Gasteiger partial charge in [0.05, 0.1) is 18.2 Å². The van der Waals surface area contributed by atoms with Gasteiger partial charge < -0.3 is 4.74 Å². The lowest BCUT2D eigenvalue weighted by atomic mass is 10.0. The van der Waals surface area contributed by atoms with Crippen LogP contribution in [0.4, 0.5) is 13.2 Å². The van der Waals surface area contributed by atoms with E-state index < -0.39 is 34.7 Å². The molecular weight excluding hydrogens is 299 g/mol. The van der Waals surface area contributed by atoms with Crippen LogP contribution >= 0.6 is 11.6 Å². The van der Waals surface area contributed by atoms with Gasteiger partial charge in [0.15, 0.2) is 11.2 Å². The van der Waals surface area contributed by atoms with Gasteiger partial charge >= 0.3 is 0 Å². The van der Waals surface area contributed by atoms with E-state index in [4.69, 9.17) is 21.6 Å². The molecule has 0 aliphatic heterocycles. The van der Waals surface area contributed by atoms with Crippen LogP contribution < -0.4 is 4.74 Å². The summed E-state index contributed by atoms with van der Waals surface area (Å²) in [4.78, 5) is 22.7. The molecule has 0 aromatic heterocycles. The van der Waals surface area contributed by atoms with Gasteiger partial charge in [-0.15, -0.1) is 11.6 Å². The third-order valence-corrected chi connectivity index (χ3v) is 2.78. The van der Waals surface area contributed by atoms with Crippen LogP contribution in [-0.4, -0.2) is 30.5 Å². The average Bonchev–Trinajstić information content (AvgIpc) is 2.44. The zero-order valence-corrected chi connectivity index (χ0v) is 10.7. The van der Waals surface area contributed by atoms with Crippen molar-refractivity contribution in [2.24, 2.45) is 0 Å². The fourth-order valence-corrected chi connectivity index (χ4v) is 1.59. The summed E-state index contributed by atoms with van der Waals surface area (Å²) in [6.07, 6.45) is -3.44. The largest absolute Gasteiger partial charge is 0.495 e. The highest BCUT2D eigenvalue weighted by Crippen LogP contribution is 2.24. The van der Waals surface area contributed by atoms with Crippen molar-refractivity contribution in [1.82, 2.24) is 0 Å². The first-order valence-corrected chi connectivity index (χ1v) is 5.55. The smallest absolute Gasteiger partial charge is 0.298 e. The molecule has 0 saturated carbocycles. The second-order valence-corrected chi connectivity index (χ2v) is 4.01. The van der Waals surface area contributed by atoms with E-state index in [1.807, 2.05) is 0 Å². The van der Waals surface area contributed by atoms with E-state index in [0.717, 1.165) is 6.07 Å². The van der Waals surface area contributed by atoms with Crippen molar-refractivity contribution in [2.45, 2.75) is 11.8 Å². The van der Waals surface area contributed by atoms with E-state index in [2.05, 4.69) is 0 Å². The molecule has 0 heterocycles. The Hall–Kier alpha value is -2.07. The van der Waals surface area contributed by atoms with Gasteiger partial charge in [0.25, 0.3) is 6.43 Å². The molecule has 1 aromatic rings.